The molecule has 1 heterocycles. The third-order valence-corrected chi connectivity index (χ3v) is 5.71. The molecular weight excluding hydrogens is 573 g/mol. The lowest BCUT2D eigenvalue weighted by Gasteiger charge is -2.13. The number of hydrogen-bond acceptors (Lipinski definition) is 5. The molecule has 0 N–H and O–H groups in total. The number of cyclic esters (lactones) is 1. The van der Waals surface area contributed by atoms with E-state index in [9.17, 15) is 4.79 Å². The number of ether oxygens (including phenoxy) is 3. The van der Waals surface area contributed by atoms with Gasteiger partial charge in [-0.2, -0.15) is 0 Å². The topological polar surface area (TPSA) is 57.1 Å². The van der Waals surface area contributed by atoms with Crippen LogP contribution in [-0.4, -0.2) is 19.0 Å². The highest BCUT2D eigenvalue weighted by atomic mass is 127. The Morgan fingerprint density at radius 3 is 2.61 bits per heavy atom. The maximum absolute atomic E-state index is 12.4. The molecule has 156 valence electrons. The Morgan fingerprint density at radius 1 is 1.10 bits per heavy atom. The highest BCUT2D eigenvalue weighted by Gasteiger charge is 2.25. The third-order valence-electron chi connectivity index (χ3n) is 4.51. The average Bonchev–Trinajstić information content (AvgIpc) is 3.13. The fourth-order valence-corrected chi connectivity index (χ4v) is 3.89. The minimum Gasteiger partial charge on any atom is -0.493 e. The summed E-state index contributed by atoms with van der Waals surface area (Å²) >= 11 is 5.66. The predicted molar refractivity (Wildman–Crippen MR) is 131 cm³/mol. The van der Waals surface area contributed by atoms with E-state index in [4.69, 9.17) is 14.2 Å². The van der Waals surface area contributed by atoms with Crippen LogP contribution in [0.3, 0.4) is 0 Å². The molecule has 1 aliphatic rings. The van der Waals surface area contributed by atoms with E-state index in [-0.39, 0.29) is 11.6 Å². The zero-order chi connectivity index (χ0) is 21.8. The van der Waals surface area contributed by atoms with Gasteiger partial charge in [0, 0.05) is 19.2 Å². The molecule has 1 aliphatic heterocycles. The Kier molecular flexibility index (Phi) is 6.72. The highest BCUT2D eigenvalue weighted by Crippen LogP contribution is 2.34. The standard InChI is InChI=1S/C24H17BrINO4/c1-29-21-7-3-5-17(22(21)30-14-15-4-2-6-19(26)12-15)13-20-24(28)31-23(27-20)16-8-10-18(25)11-9-16/h2-13H,14H2,1H3/b20-13-. The molecule has 0 aromatic heterocycles. The van der Waals surface area contributed by atoms with Gasteiger partial charge in [-0.15, -0.1) is 0 Å². The van der Waals surface area contributed by atoms with Crippen LogP contribution in [0.2, 0.25) is 0 Å². The van der Waals surface area contributed by atoms with E-state index in [2.05, 4.69) is 49.6 Å². The molecule has 0 atom stereocenters. The van der Waals surface area contributed by atoms with Gasteiger partial charge in [0.05, 0.1) is 7.11 Å². The van der Waals surface area contributed by atoms with Crippen molar-refractivity contribution in [1.82, 2.24) is 0 Å². The van der Waals surface area contributed by atoms with Crippen LogP contribution in [0.25, 0.3) is 6.08 Å². The van der Waals surface area contributed by atoms with Gasteiger partial charge < -0.3 is 14.2 Å². The number of hydrogen-bond donors (Lipinski definition) is 0. The molecule has 31 heavy (non-hydrogen) atoms. The van der Waals surface area contributed by atoms with Crippen molar-refractivity contribution in [2.45, 2.75) is 6.61 Å². The van der Waals surface area contributed by atoms with Crippen LogP contribution in [0, 0.1) is 3.57 Å². The van der Waals surface area contributed by atoms with Gasteiger partial charge >= 0.3 is 5.97 Å². The molecule has 5 nitrogen and oxygen atoms in total. The Morgan fingerprint density at radius 2 is 1.87 bits per heavy atom. The minimum absolute atomic E-state index is 0.199. The number of aliphatic imine (C=N–C) groups is 1. The largest absolute Gasteiger partial charge is 0.493 e. The maximum atomic E-state index is 12.4. The van der Waals surface area contributed by atoms with Gasteiger partial charge in [-0.1, -0.05) is 40.2 Å². The van der Waals surface area contributed by atoms with Gasteiger partial charge in [-0.3, -0.25) is 0 Å². The number of benzene rings is 3. The second kappa shape index (κ2) is 9.65. The molecule has 0 amide bonds. The van der Waals surface area contributed by atoms with E-state index in [1.54, 1.807) is 13.2 Å². The first-order valence-corrected chi connectivity index (χ1v) is 11.2. The molecule has 0 spiro atoms. The molecule has 0 fully saturated rings. The molecular formula is C24H17BrINO4. The zero-order valence-electron chi connectivity index (χ0n) is 16.5. The molecule has 3 aromatic rings. The molecule has 0 unspecified atom stereocenters. The van der Waals surface area contributed by atoms with E-state index in [0.29, 0.717) is 23.7 Å². The van der Waals surface area contributed by atoms with Crippen molar-refractivity contribution in [2.75, 3.05) is 7.11 Å². The van der Waals surface area contributed by atoms with E-state index in [0.717, 1.165) is 19.2 Å². The summed E-state index contributed by atoms with van der Waals surface area (Å²) in [6.07, 6.45) is 1.65. The number of para-hydroxylation sites is 1. The quantitative estimate of drug-likeness (QED) is 0.201. The fourth-order valence-electron chi connectivity index (χ4n) is 3.02. The highest BCUT2D eigenvalue weighted by molar-refractivity contribution is 14.1. The molecule has 0 bridgehead atoms. The summed E-state index contributed by atoms with van der Waals surface area (Å²) < 4.78 is 19.0. The number of carbonyl (C=O) groups excluding carboxylic acids is 1. The molecule has 0 saturated heterocycles. The average molecular weight is 590 g/mol. The fraction of sp³-hybridized carbons (Fsp3) is 0.0833. The summed E-state index contributed by atoms with van der Waals surface area (Å²) in [7, 11) is 1.58. The first-order valence-electron chi connectivity index (χ1n) is 9.36. The number of rotatable bonds is 6. The SMILES string of the molecule is COc1cccc(/C=C2\N=C(c3ccc(Br)cc3)OC2=O)c1OCc1cccc(I)c1. The Bertz CT molecular complexity index is 1190. The Labute approximate surface area is 202 Å². The summed E-state index contributed by atoms with van der Waals surface area (Å²) in [5.74, 6) is 0.872. The molecule has 7 heteroatoms. The lowest BCUT2D eigenvalue weighted by molar-refractivity contribution is -0.129. The van der Waals surface area contributed by atoms with E-state index in [1.165, 1.54) is 0 Å². The molecule has 0 radical (unpaired) electrons. The van der Waals surface area contributed by atoms with Crippen molar-refractivity contribution in [2.24, 2.45) is 4.99 Å². The lowest BCUT2D eigenvalue weighted by atomic mass is 10.1. The Hall–Kier alpha value is -2.65. The van der Waals surface area contributed by atoms with Crippen LogP contribution in [-0.2, 0) is 16.1 Å². The van der Waals surface area contributed by atoms with Crippen LogP contribution in [0.4, 0.5) is 0 Å². The van der Waals surface area contributed by atoms with Crippen molar-refractivity contribution in [1.29, 1.82) is 0 Å². The summed E-state index contributed by atoms with van der Waals surface area (Å²) in [6.45, 7) is 0.366. The normalized spacial score (nSPS) is 14.4. The monoisotopic (exact) mass is 589 g/mol. The van der Waals surface area contributed by atoms with Crippen molar-refractivity contribution in [3.63, 3.8) is 0 Å². The first-order chi connectivity index (χ1) is 15.0. The maximum Gasteiger partial charge on any atom is 0.363 e. The number of esters is 1. The van der Waals surface area contributed by atoms with Crippen LogP contribution >= 0.6 is 38.5 Å². The van der Waals surface area contributed by atoms with E-state index in [1.807, 2.05) is 60.7 Å². The van der Waals surface area contributed by atoms with Gasteiger partial charge in [-0.05, 0) is 76.7 Å². The molecule has 3 aromatic carbocycles. The van der Waals surface area contributed by atoms with Crippen molar-refractivity contribution >= 4 is 56.5 Å². The second-order valence-electron chi connectivity index (χ2n) is 6.64. The van der Waals surface area contributed by atoms with Crippen LogP contribution in [0.1, 0.15) is 16.7 Å². The van der Waals surface area contributed by atoms with Crippen molar-refractivity contribution in [3.05, 3.63) is 97.2 Å². The predicted octanol–water partition coefficient (Wildman–Crippen LogP) is 5.99. The zero-order valence-corrected chi connectivity index (χ0v) is 20.2. The molecule has 4 rings (SSSR count). The minimum atomic E-state index is -0.510. The van der Waals surface area contributed by atoms with Gasteiger partial charge in [0.1, 0.15) is 6.61 Å². The van der Waals surface area contributed by atoms with Crippen LogP contribution in [0.15, 0.2) is 81.9 Å². The van der Waals surface area contributed by atoms with Crippen LogP contribution in [0.5, 0.6) is 11.5 Å². The number of nitrogens with zero attached hydrogens (tertiary/aromatic N) is 1. The van der Waals surface area contributed by atoms with E-state index < -0.39 is 5.97 Å². The van der Waals surface area contributed by atoms with Gasteiger partial charge in [0.15, 0.2) is 17.2 Å². The van der Waals surface area contributed by atoms with E-state index >= 15 is 0 Å². The third kappa shape index (κ3) is 5.16. The van der Waals surface area contributed by atoms with Gasteiger partial charge in [-0.25, -0.2) is 9.79 Å². The lowest BCUT2D eigenvalue weighted by Crippen LogP contribution is -2.05. The smallest absolute Gasteiger partial charge is 0.363 e. The van der Waals surface area contributed by atoms with Crippen LogP contribution < -0.4 is 9.47 Å². The van der Waals surface area contributed by atoms with Crippen molar-refractivity contribution in [3.8, 4) is 11.5 Å². The molecule has 0 aliphatic carbocycles. The summed E-state index contributed by atoms with van der Waals surface area (Å²) in [5.41, 5.74) is 2.64. The summed E-state index contributed by atoms with van der Waals surface area (Å²) in [5, 5.41) is 0. The molecule has 0 saturated carbocycles. The first kappa shape index (κ1) is 21.6. The summed E-state index contributed by atoms with van der Waals surface area (Å²) in [6, 6.07) is 21.0. The number of carbonyl (C=O) groups is 1. The summed E-state index contributed by atoms with van der Waals surface area (Å²) in [4.78, 5) is 16.8. The number of methoxy groups -OCH3 is 1. The second-order valence-corrected chi connectivity index (χ2v) is 8.80. The van der Waals surface area contributed by atoms with Crippen molar-refractivity contribution < 1.29 is 19.0 Å². The number of halogens is 2. The van der Waals surface area contributed by atoms with Gasteiger partial charge in [0.25, 0.3) is 0 Å². The Balaban J connectivity index is 1.65. The van der Waals surface area contributed by atoms with Gasteiger partial charge in [0.2, 0.25) is 5.90 Å².